The highest BCUT2D eigenvalue weighted by Gasteiger charge is 2.20. The Morgan fingerprint density at radius 3 is 3.10 bits per heavy atom. The monoisotopic (exact) mass is 136 g/mol. The number of carbonyl (C=O) groups is 1. The highest BCUT2D eigenvalue weighted by atomic mass is 16.1. The summed E-state index contributed by atoms with van der Waals surface area (Å²) in [5.74, 6) is 0.169. The fourth-order valence-electron chi connectivity index (χ4n) is 1.34. The van der Waals surface area contributed by atoms with Gasteiger partial charge in [0, 0.05) is 19.2 Å². The molecule has 2 N–H and O–H groups in total. The van der Waals surface area contributed by atoms with E-state index in [1.165, 1.54) is 0 Å². The second-order valence-corrected chi connectivity index (χ2v) is 2.49. The average molecular weight is 136 g/mol. The molecule has 52 valence electrons. The average Bonchev–Trinajstić information content (AvgIpc) is 2.40. The number of aromatic nitrogens is 1. The normalized spacial score (nSPS) is 15.8. The minimum atomic E-state index is 0.169. The number of carbonyl (C=O) groups excluding carboxylic acids is 1. The summed E-state index contributed by atoms with van der Waals surface area (Å²) >= 11 is 0. The maximum absolute atomic E-state index is 11.0. The van der Waals surface area contributed by atoms with Crippen molar-refractivity contribution in [2.45, 2.75) is 13.0 Å². The Hall–Kier alpha value is -1.25. The summed E-state index contributed by atoms with van der Waals surface area (Å²) in [5, 5.41) is 0. The fraction of sp³-hybridized carbons (Fsp3) is 0.286. The molecule has 1 aliphatic rings. The summed E-state index contributed by atoms with van der Waals surface area (Å²) in [6, 6.07) is 1.77. The Balaban J connectivity index is 2.65. The first-order valence-corrected chi connectivity index (χ1v) is 3.27. The van der Waals surface area contributed by atoms with Crippen LogP contribution in [-0.4, -0.2) is 10.4 Å². The third-order valence-electron chi connectivity index (χ3n) is 1.84. The summed E-state index contributed by atoms with van der Waals surface area (Å²) in [6.45, 7) is 0.797. The molecule has 0 saturated carbocycles. The van der Waals surface area contributed by atoms with E-state index in [4.69, 9.17) is 5.73 Å². The third kappa shape index (κ3) is 0.518. The van der Waals surface area contributed by atoms with Gasteiger partial charge in [-0.05, 0) is 6.07 Å². The van der Waals surface area contributed by atoms with Crippen LogP contribution in [0.4, 0.5) is 5.69 Å². The molecule has 3 nitrogen and oxygen atoms in total. The van der Waals surface area contributed by atoms with E-state index in [1.54, 1.807) is 6.07 Å². The van der Waals surface area contributed by atoms with Crippen molar-refractivity contribution in [2.75, 3.05) is 5.73 Å². The summed E-state index contributed by atoms with van der Waals surface area (Å²) in [4.78, 5) is 11.0. The number of nitrogens with two attached hydrogens (primary N) is 1. The number of aryl methyl sites for hydroxylation is 1. The fourth-order valence-corrected chi connectivity index (χ4v) is 1.34. The lowest BCUT2D eigenvalue weighted by molar-refractivity contribution is 0.0995. The number of rotatable bonds is 0. The molecule has 0 saturated heterocycles. The molecule has 10 heavy (non-hydrogen) atoms. The molecular weight excluding hydrogens is 128 g/mol. The zero-order valence-electron chi connectivity index (χ0n) is 5.50. The zero-order chi connectivity index (χ0) is 7.14. The summed E-state index contributed by atoms with van der Waals surface area (Å²) in [5.41, 5.74) is 6.85. The van der Waals surface area contributed by atoms with Gasteiger partial charge in [0.15, 0.2) is 5.78 Å². The van der Waals surface area contributed by atoms with E-state index < -0.39 is 0 Å². The van der Waals surface area contributed by atoms with Crippen LogP contribution in [-0.2, 0) is 6.54 Å². The highest BCUT2D eigenvalue weighted by Crippen LogP contribution is 2.21. The zero-order valence-corrected chi connectivity index (χ0v) is 5.50. The van der Waals surface area contributed by atoms with E-state index in [9.17, 15) is 4.79 Å². The van der Waals surface area contributed by atoms with E-state index in [1.807, 2.05) is 10.8 Å². The van der Waals surface area contributed by atoms with Crippen LogP contribution in [0.15, 0.2) is 12.3 Å². The Morgan fingerprint density at radius 1 is 1.60 bits per heavy atom. The Bertz CT molecular complexity index is 288. The number of anilines is 1. The lowest BCUT2D eigenvalue weighted by Crippen LogP contribution is -1.96. The van der Waals surface area contributed by atoms with E-state index in [0.717, 1.165) is 6.54 Å². The predicted octanol–water partition coefficient (Wildman–Crippen LogP) is 0.657. The molecule has 0 bridgehead atoms. The van der Waals surface area contributed by atoms with Crippen LogP contribution in [0.2, 0.25) is 0 Å². The number of hydrogen-bond acceptors (Lipinski definition) is 2. The number of fused-ring (bicyclic) bond motifs is 1. The number of ketones is 1. The van der Waals surface area contributed by atoms with Gasteiger partial charge in [-0.25, -0.2) is 0 Å². The van der Waals surface area contributed by atoms with Crippen molar-refractivity contribution in [2.24, 2.45) is 0 Å². The minimum Gasteiger partial charge on any atom is -0.397 e. The quantitative estimate of drug-likeness (QED) is 0.569. The van der Waals surface area contributed by atoms with Crippen molar-refractivity contribution in [1.29, 1.82) is 0 Å². The van der Waals surface area contributed by atoms with Crippen LogP contribution in [0.1, 0.15) is 16.9 Å². The van der Waals surface area contributed by atoms with Gasteiger partial charge in [-0.1, -0.05) is 0 Å². The molecule has 0 aromatic carbocycles. The first kappa shape index (κ1) is 5.53. The molecule has 1 aromatic rings. The molecule has 1 aliphatic heterocycles. The first-order chi connectivity index (χ1) is 4.79. The SMILES string of the molecule is Nc1ccn2c1C(=O)CC2. The molecular formula is C7H8N2O. The standard InChI is InChI=1S/C7H8N2O/c8-5-1-3-9-4-2-6(10)7(5)9/h1,3H,2,4,8H2. The van der Waals surface area contributed by atoms with Gasteiger partial charge < -0.3 is 10.3 Å². The lowest BCUT2D eigenvalue weighted by atomic mass is 10.2. The summed E-state index contributed by atoms with van der Waals surface area (Å²) < 4.78 is 1.90. The molecule has 0 unspecified atom stereocenters. The van der Waals surface area contributed by atoms with Crippen molar-refractivity contribution in [3.8, 4) is 0 Å². The van der Waals surface area contributed by atoms with Crippen molar-refractivity contribution >= 4 is 11.5 Å². The van der Waals surface area contributed by atoms with Crippen LogP contribution in [0.25, 0.3) is 0 Å². The number of hydrogen-bond donors (Lipinski definition) is 1. The minimum absolute atomic E-state index is 0.169. The van der Waals surface area contributed by atoms with Crippen LogP contribution >= 0.6 is 0 Å². The third-order valence-corrected chi connectivity index (χ3v) is 1.84. The molecule has 3 heteroatoms. The van der Waals surface area contributed by atoms with Crippen molar-refractivity contribution < 1.29 is 4.79 Å². The van der Waals surface area contributed by atoms with Gasteiger partial charge in [0.2, 0.25) is 0 Å². The maximum atomic E-state index is 11.0. The molecule has 0 atom stereocenters. The van der Waals surface area contributed by atoms with E-state index in [-0.39, 0.29) is 5.78 Å². The van der Waals surface area contributed by atoms with E-state index in [2.05, 4.69) is 0 Å². The van der Waals surface area contributed by atoms with Gasteiger partial charge in [0.1, 0.15) is 5.69 Å². The van der Waals surface area contributed by atoms with Gasteiger partial charge in [-0.2, -0.15) is 0 Å². The van der Waals surface area contributed by atoms with Crippen LogP contribution in [0.5, 0.6) is 0 Å². The molecule has 0 radical (unpaired) electrons. The number of nitrogens with zero attached hydrogens (tertiary/aromatic N) is 1. The number of Topliss-reactive ketones (excluding diaryl/α,β-unsaturated/α-hetero) is 1. The van der Waals surface area contributed by atoms with Gasteiger partial charge in [-0.15, -0.1) is 0 Å². The van der Waals surface area contributed by atoms with Crippen LogP contribution in [0.3, 0.4) is 0 Å². The van der Waals surface area contributed by atoms with Crippen molar-refractivity contribution in [1.82, 2.24) is 4.57 Å². The Kier molecular flexibility index (Phi) is 0.897. The van der Waals surface area contributed by atoms with Gasteiger partial charge in [0.25, 0.3) is 0 Å². The van der Waals surface area contributed by atoms with Gasteiger partial charge in [0.05, 0.1) is 5.69 Å². The van der Waals surface area contributed by atoms with E-state index in [0.29, 0.717) is 17.8 Å². The molecule has 1 aromatic heterocycles. The molecule has 2 heterocycles. The predicted molar refractivity (Wildman–Crippen MR) is 37.8 cm³/mol. The highest BCUT2D eigenvalue weighted by molar-refractivity contribution is 6.01. The van der Waals surface area contributed by atoms with Gasteiger partial charge in [-0.3, -0.25) is 4.79 Å². The molecule has 0 fully saturated rings. The molecule has 2 rings (SSSR count). The lowest BCUT2D eigenvalue weighted by Gasteiger charge is -1.91. The largest absolute Gasteiger partial charge is 0.397 e. The molecule has 0 aliphatic carbocycles. The smallest absolute Gasteiger partial charge is 0.183 e. The molecule has 0 spiro atoms. The summed E-state index contributed by atoms with van der Waals surface area (Å²) in [7, 11) is 0. The van der Waals surface area contributed by atoms with Crippen molar-refractivity contribution in [3.05, 3.63) is 18.0 Å². The second-order valence-electron chi connectivity index (χ2n) is 2.49. The number of nitrogen functional groups attached to an aromatic ring is 1. The van der Waals surface area contributed by atoms with Gasteiger partial charge >= 0.3 is 0 Å². The Morgan fingerprint density at radius 2 is 2.40 bits per heavy atom. The first-order valence-electron chi connectivity index (χ1n) is 3.27. The molecule has 0 amide bonds. The second kappa shape index (κ2) is 1.62. The van der Waals surface area contributed by atoms with Crippen molar-refractivity contribution in [3.63, 3.8) is 0 Å². The Labute approximate surface area is 58.4 Å². The maximum Gasteiger partial charge on any atom is 0.183 e. The van der Waals surface area contributed by atoms with Crippen LogP contribution in [0, 0.1) is 0 Å². The summed E-state index contributed by atoms with van der Waals surface area (Å²) in [6.07, 6.45) is 2.47. The van der Waals surface area contributed by atoms with Crippen LogP contribution < -0.4 is 5.73 Å². The topological polar surface area (TPSA) is 48.0 Å². The van der Waals surface area contributed by atoms with E-state index >= 15 is 0 Å².